The number of amidine groups is 1. The van der Waals surface area contributed by atoms with Gasteiger partial charge in [0.1, 0.15) is 10.7 Å². The Kier molecular flexibility index (Phi) is 4.19. The molecule has 0 radical (unpaired) electrons. The van der Waals surface area contributed by atoms with Crippen molar-refractivity contribution in [3.63, 3.8) is 0 Å². The Morgan fingerprint density at radius 1 is 1.35 bits per heavy atom. The van der Waals surface area contributed by atoms with Gasteiger partial charge in [0.15, 0.2) is 5.17 Å². The average Bonchev–Trinajstić information content (AvgIpc) is 3.23. The summed E-state index contributed by atoms with van der Waals surface area (Å²) in [5.74, 6) is 1.31. The lowest BCUT2D eigenvalue weighted by atomic mass is 10.2. The number of aliphatic imine (C=N–C) groups is 1. The number of thiophene rings is 2. The molecule has 0 spiro atoms. The number of aromatic nitrogens is 2. The number of hydrogen-bond donors (Lipinski definition) is 2. The molecule has 0 unspecified atom stereocenters. The molecule has 0 saturated carbocycles. The van der Waals surface area contributed by atoms with Gasteiger partial charge in [-0.1, -0.05) is 17.8 Å². The van der Waals surface area contributed by atoms with Crippen LogP contribution in [0, 0.1) is 0 Å². The topological polar surface area (TPSA) is 70.1 Å². The van der Waals surface area contributed by atoms with Crippen LogP contribution in [-0.4, -0.2) is 28.2 Å². The van der Waals surface area contributed by atoms with Gasteiger partial charge in [-0.3, -0.25) is 9.79 Å². The van der Waals surface area contributed by atoms with Crippen LogP contribution in [0.5, 0.6) is 0 Å². The minimum Gasteiger partial charge on any atom is -0.365 e. The van der Waals surface area contributed by atoms with E-state index in [2.05, 4.69) is 20.3 Å². The van der Waals surface area contributed by atoms with Crippen LogP contribution in [0.4, 0.5) is 0 Å². The molecule has 0 amide bonds. The fourth-order valence-electron chi connectivity index (χ4n) is 2.42. The highest BCUT2D eigenvalue weighted by atomic mass is 32.2. The molecular weight excluding hydrogens is 348 g/mol. The van der Waals surface area contributed by atoms with E-state index in [9.17, 15) is 4.79 Å². The standard InChI is InChI=1S/C15H14N4OS3/c20-13-12-9(10-3-1-6-21-10)7-22-14(12)19-11(18-13)8-23-15-16-4-2-5-17-15/h1,3,6-7H,2,4-5,8H2,(H,16,17)(H,18,19,20). The Morgan fingerprint density at radius 3 is 3.09 bits per heavy atom. The van der Waals surface area contributed by atoms with Gasteiger partial charge >= 0.3 is 0 Å². The molecule has 0 saturated heterocycles. The third-order valence-electron chi connectivity index (χ3n) is 3.49. The molecule has 3 aromatic rings. The zero-order chi connectivity index (χ0) is 15.6. The zero-order valence-electron chi connectivity index (χ0n) is 12.2. The third kappa shape index (κ3) is 3.06. The Morgan fingerprint density at radius 2 is 2.30 bits per heavy atom. The molecule has 4 heterocycles. The largest absolute Gasteiger partial charge is 0.365 e. The number of hydrogen-bond acceptors (Lipinski definition) is 7. The van der Waals surface area contributed by atoms with E-state index < -0.39 is 0 Å². The number of H-pyrrole nitrogens is 1. The van der Waals surface area contributed by atoms with Crippen LogP contribution in [0.1, 0.15) is 12.2 Å². The van der Waals surface area contributed by atoms with Crippen molar-refractivity contribution in [1.29, 1.82) is 0 Å². The lowest BCUT2D eigenvalue weighted by Crippen LogP contribution is -2.27. The minimum absolute atomic E-state index is 0.0613. The Balaban J connectivity index is 1.63. The number of nitrogens with one attached hydrogen (secondary N) is 2. The predicted molar refractivity (Wildman–Crippen MR) is 99.8 cm³/mol. The van der Waals surface area contributed by atoms with Crippen LogP contribution >= 0.6 is 34.4 Å². The quantitative estimate of drug-likeness (QED) is 0.750. The van der Waals surface area contributed by atoms with Crippen LogP contribution in [0.15, 0.2) is 32.7 Å². The highest BCUT2D eigenvalue weighted by molar-refractivity contribution is 8.13. The van der Waals surface area contributed by atoms with Crippen molar-refractivity contribution >= 4 is 49.8 Å². The van der Waals surface area contributed by atoms with Crippen LogP contribution in [0.25, 0.3) is 20.7 Å². The van der Waals surface area contributed by atoms with Crippen LogP contribution in [0.2, 0.25) is 0 Å². The van der Waals surface area contributed by atoms with Gasteiger partial charge < -0.3 is 10.3 Å². The van der Waals surface area contributed by atoms with E-state index in [0.29, 0.717) is 17.0 Å². The Hall–Kier alpha value is -1.64. The molecule has 0 fully saturated rings. The van der Waals surface area contributed by atoms with E-state index in [1.165, 1.54) is 11.3 Å². The van der Waals surface area contributed by atoms with Crippen LogP contribution < -0.4 is 10.9 Å². The van der Waals surface area contributed by atoms with Gasteiger partial charge in [-0.05, 0) is 17.9 Å². The number of thioether (sulfide) groups is 1. The SMILES string of the molecule is O=c1[nH]c(CSC2=NCCCN2)nc2scc(-c3cccs3)c12. The molecule has 0 atom stereocenters. The fraction of sp³-hybridized carbons (Fsp3) is 0.267. The second kappa shape index (κ2) is 6.46. The summed E-state index contributed by atoms with van der Waals surface area (Å²) in [7, 11) is 0. The molecule has 0 bridgehead atoms. The summed E-state index contributed by atoms with van der Waals surface area (Å²) in [6.45, 7) is 1.83. The summed E-state index contributed by atoms with van der Waals surface area (Å²) in [6, 6.07) is 4.02. The first kappa shape index (κ1) is 14.9. The first-order chi connectivity index (χ1) is 11.3. The maximum absolute atomic E-state index is 12.5. The molecule has 8 heteroatoms. The van der Waals surface area contributed by atoms with Gasteiger partial charge in [0.05, 0.1) is 11.1 Å². The molecule has 0 aliphatic carbocycles. The summed E-state index contributed by atoms with van der Waals surface area (Å²) in [6.07, 6.45) is 1.08. The zero-order valence-corrected chi connectivity index (χ0v) is 14.6. The summed E-state index contributed by atoms with van der Waals surface area (Å²) in [4.78, 5) is 26.3. The Labute approximate surface area is 144 Å². The van der Waals surface area contributed by atoms with Crippen molar-refractivity contribution in [2.45, 2.75) is 12.2 Å². The van der Waals surface area contributed by atoms with Gasteiger partial charge in [-0.2, -0.15) is 0 Å². The predicted octanol–water partition coefficient (Wildman–Crippen LogP) is 3.30. The van der Waals surface area contributed by atoms with Gasteiger partial charge in [-0.25, -0.2) is 4.98 Å². The van der Waals surface area contributed by atoms with E-state index in [-0.39, 0.29) is 5.56 Å². The maximum Gasteiger partial charge on any atom is 0.260 e. The molecule has 1 aliphatic heterocycles. The fourth-order valence-corrected chi connectivity index (χ4v) is 5.00. The summed E-state index contributed by atoms with van der Waals surface area (Å²) >= 11 is 4.74. The van der Waals surface area contributed by atoms with Crippen molar-refractivity contribution in [2.75, 3.05) is 13.1 Å². The molecule has 0 aromatic carbocycles. The molecular formula is C15H14N4OS3. The summed E-state index contributed by atoms with van der Waals surface area (Å²) in [5, 5.41) is 8.92. The summed E-state index contributed by atoms with van der Waals surface area (Å²) in [5.41, 5.74) is 0.917. The highest BCUT2D eigenvalue weighted by Crippen LogP contribution is 2.33. The molecule has 5 nitrogen and oxygen atoms in total. The summed E-state index contributed by atoms with van der Waals surface area (Å²) < 4.78 is 0. The van der Waals surface area contributed by atoms with Gasteiger partial charge in [-0.15, -0.1) is 22.7 Å². The van der Waals surface area contributed by atoms with Crippen molar-refractivity contribution in [2.24, 2.45) is 4.99 Å². The van der Waals surface area contributed by atoms with Gasteiger partial charge in [0.25, 0.3) is 5.56 Å². The first-order valence-corrected chi connectivity index (χ1v) is 10.0. The lowest BCUT2D eigenvalue weighted by molar-refractivity contribution is 0.751. The number of fused-ring (bicyclic) bond motifs is 1. The van der Waals surface area contributed by atoms with Crippen molar-refractivity contribution in [3.05, 3.63) is 39.1 Å². The second-order valence-electron chi connectivity index (χ2n) is 5.08. The molecule has 118 valence electrons. The molecule has 3 aromatic heterocycles. The molecule has 1 aliphatic rings. The van der Waals surface area contributed by atoms with Gasteiger partial charge in [0, 0.05) is 28.9 Å². The molecule has 23 heavy (non-hydrogen) atoms. The monoisotopic (exact) mass is 362 g/mol. The van der Waals surface area contributed by atoms with E-state index in [0.717, 1.165) is 39.9 Å². The molecule has 2 N–H and O–H groups in total. The third-order valence-corrected chi connectivity index (χ3v) is 6.23. The minimum atomic E-state index is -0.0613. The normalized spacial score (nSPS) is 14.7. The molecule has 4 rings (SSSR count). The number of aromatic amines is 1. The lowest BCUT2D eigenvalue weighted by Gasteiger charge is -2.13. The van der Waals surface area contributed by atoms with Crippen molar-refractivity contribution < 1.29 is 0 Å². The van der Waals surface area contributed by atoms with Crippen molar-refractivity contribution in [3.8, 4) is 10.4 Å². The number of nitrogens with zero attached hydrogens (tertiary/aromatic N) is 2. The van der Waals surface area contributed by atoms with E-state index >= 15 is 0 Å². The van der Waals surface area contributed by atoms with E-state index in [1.807, 2.05) is 22.9 Å². The van der Waals surface area contributed by atoms with Gasteiger partial charge in [0.2, 0.25) is 0 Å². The smallest absolute Gasteiger partial charge is 0.260 e. The van der Waals surface area contributed by atoms with Crippen molar-refractivity contribution in [1.82, 2.24) is 15.3 Å². The highest BCUT2D eigenvalue weighted by Gasteiger charge is 2.14. The van der Waals surface area contributed by atoms with E-state index in [4.69, 9.17) is 0 Å². The van der Waals surface area contributed by atoms with E-state index in [1.54, 1.807) is 23.1 Å². The Bertz CT molecular complexity index is 911. The first-order valence-electron chi connectivity index (χ1n) is 7.26. The van der Waals surface area contributed by atoms with Crippen LogP contribution in [0.3, 0.4) is 0 Å². The maximum atomic E-state index is 12.5. The average molecular weight is 363 g/mol. The second-order valence-corrected chi connectivity index (χ2v) is 7.85. The van der Waals surface area contributed by atoms with Crippen LogP contribution in [-0.2, 0) is 5.75 Å². The number of rotatable bonds is 3.